The maximum atomic E-state index is 6.13. The van der Waals surface area contributed by atoms with Gasteiger partial charge in [-0.2, -0.15) is 0 Å². The van der Waals surface area contributed by atoms with Crippen LogP contribution in [-0.2, 0) is 5.88 Å². The van der Waals surface area contributed by atoms with Gasteiger partial charge in [0.25, 0.3) is 0 Å². The molecule has 2 aromatic rings. The Kier molecular flexibility index (Phi) is 4.08. The molecule has 0 N–H and O–H groups in total. The predicted molar refractivity (Wildman–Crippen MR) is 85.6 cm³/mol. The van der Waals surface area contributed by atoms with Gasteiger partial charge in [-0.05, 0) is 18.7 Å². The first kappa shape index (κ1) is 13.7. The fourth-order valence-electron chi connectivity index (χ4n) is 2.80. The molecule has 20 heavy (non-hydrogen) atoms. The number of hydrogen-bond acceptors (Lipinski definition) is 3. The number of anilines is 1. The molecule has 1 aromatic heterocycles. The van der Waals surface area contributed by atoms with E-state index in [0.717, 1.165) is 49.6 Å². The normalized spacial score (nSPS) is 16.8. The summed E-state index contributed by atoms with van der Waals surface area (Å²) in [7, 11) is 0. The van der Waals surface area contributed by atoms with E-state index in [1.54, 1.807) is 0 Å². The Labute approximate surface area is 125 Å². The van der Waals surface area contributed by atoms with Crippen LogP contribution in [0.3, 0.4) is 0 Å². The van der Waals surface area contributed by atoms with Crippen molar-refractivity contribution in [1.82, 2.24) is 9.88 Å². The van der Waals surface area contributed by atoms with Crippen molar-refractivity contribution in [2.45, 2.75) is 12.8 Å². The number of benzene rings is 1. The average molecular weight is 290 g/mol. The van der Waals surface area contributed by atoms with Crippen molar-refractivity contribution in [3.8, 4) is 0 Å². The summed E-state index contributed by atoms with van der Waals surface area (Å²) in [6, 6.07) is 10.4. The van der Waals surface area contributed by atoms with Crippen LogP contribution in [0.4, 0.5) is 5.82 Å². The first-order chi connectivity index (χ1) is 9.81. The lowest BCUT2D eigenvalue weighted by atomic mass is 10.1. The molecule has 3 nitrogen and oxygen atoms in total. The van der Waals surface area contributed by atoms with E-state index in [0.29, 0.717) is 5.88 Å². The number of likely N-dealkylation sites (N-methyl/N-ethyl adjacent to an activating group) is 1. The number of para-hydroxylation sites is 1. The standard InChI is InChI=1S/C16H20ClN3/c1-2-19-7-9-20(10-8-19)16-14(12-17)11-13-5-3-4-6-15(13)18-16/h3-6,11H,2,7-10,12H2,1H3. The molecule has 1 aliphatic heterocycles. The van der Waals surface area contributed by atoms with E-state index >= 15 is 0 Å². The summed E-state index contributed by atoms with van der Waals surface area (Å²) in [4.78, 5) is 9.69. The van der Waals surface area contributed by atoms with Gasteiger partial charge in [-0.1, -0.05) is 25.1 Å². The van der Waals surface area contributed by atoms with Crippen molar-refractivity contribution in [1.29, 1.82) is 0 Å². The summed E-state index contributed by atoms with van der Waals surface area (Å²) in [6.07, 6.45) is 0. The minimum atomic E-state index is 0.515. The van der Waals surface area contributed by atoms with Crippen LogP contribution in [0.5, 0.6) is 0 Å². The summed E-state index contributed by atoms with van der Waals surface area (Å²) >= 11 is 6.13. The average Bonchev–Trinajstić information content (AvgIpc) is 2.53. The van der Waals surface area contributed by atoms with Crippen LogP contribution in [0.1, 0.15) is 12.5 Å². The lowest BCUT2D eigenvalue weighted by Gasteiger charge is -2.35. The molecule has 1 saturated heterocycles. The van der Waals surface area contributed by atoms with Crippen molar-refractivity contribution in [3.63, 3.8) is 0 Å². The van der Waals surface area contributed by atoms with Gasteiger partial charge in [-0.25, -0.2) is 4.98 Å². The van der Waals surface area contributed by atoms with Gasteiger partial charge >= 0.3 is 0 Å². The van der Waals surface area contributed by atoms with E-state index in [4.69, 9.17) is 16.6 Å². The molecule has 1 aliphatic rings. The number of alkyl halides is 1. The zero-order valence-corrected chi connectivity index (χ0v) is 12.6. The van der Waals surface area contributed by atoms with Crippen LogP contribution in [0.25, 0.3) is 10.9 Å². The minimum absolute atomic E-state index is 0.515. The summed E-state index contributed by atoms with van der Waals surface area (Å²) in [5.41, 5.74) is 2.18. The second-order valence-electron chi connectivity index (χ2n) is 5.22. The van der Waals surface area contributed by atoms with Crippen molar-refractivity contribution < 1.29 is 0 Å². The highest BCUT2D eigenvalue weighted by Gasteiger charge is 2.19. The predicted octanol–water partition coefficient (Wildman–Crippen LogP) is 3.12. The molecule has 0 radical (unpaired) electrons. The largest absolute Gasteiger partial charge is 0.354 e. The Hall–Kier alpha value is -1.32. The van der Waals surface area contributed by atoms with E-state index < -0.39 is 0 Å². The van der Waals surface area contributed by atoms with Crippen LogP contribution in [0.2, 0.25) is 0 Å². The second kappa shape index (κ2) is 5.98. The van der Waals surface area contributed by atoms with Crippen LogP contribution in [-0.4, -0.2) is 42.6 Å². The van der Waals surface area contributed by atoms with Crippen molar-refractivity contribution in [2.24, 2.45) is 0 Å². The maximum Gasteiger partial charge on any atom is 0.133 e. The summed E-state index contributed by atoms with van der Waals surface area (Å²) < 4.78 is 0. The Morgan fingerprint density at radius 3 is 2.60 bits per heavy atom. The Morgan fingerprint density at radius 2 is 1.90 bits per heavy atom. The lowest BCUT2D eigenvalue weighted by Crippen LogP contribution is -2.46. The van der Waals surface area contributed by atoms with Crippen LogP contribution < -0.4 is 4.90 Å². The summed E-state index contributed by atoms with van der Waals surface area (Å²) in [5.74, 6) is 1.58. The zero-order valence-electron chi connectivity index (χ0n) is 11.8. The van der Waals surface area contributed by atoms with E-state index in [9.17, 15) is 0 Å². The van der Waals surface area contributed by atoms with E-state index in [1.165, 1.54) is 5.39 Å². The highest BCUT2D eigenvalue weighted by Crippen LogP contribution is 2.25. The summed E-state index contributed by atoms with van der Waals surface area (Å²) in [6.45, 7) is 7.61. The van der Waals surface area contributed by atoms with Crippen molar-refractivity contribution in [2.75, 3.05) is 37.6 Å². The maximum absolute atomic E-state index is 6.13. The minimum Gasteiger partial charge on any atom is -0.354 e. The lowest BCUT2D eigenvalue weighted by molar-refractivity contribution is 0.270. The smallest absolute Gasteiger partial charge is 0.133 e. The molecule has 3 rings (SSSR count). The third kappa shape index (κ3) is 2.60. The Bertz CT molecular complexity index is 591. The number of hydrogen-bond donors (Lipinski definition) is 0. The molecule has 0 amide bonds. The number of pyridine rings is 1. The molecular formula is C16H20ClN3. The number of nitrogens with zero attached hydrogens (tertiary/aromatic N) is 3. The fraction of sp³-hybridized carbons (Fsp3) is 0.438. The van der Waals surface area contributed by atoms with Crippen molar-refractivity contribution >= 4 is 28.3 Å². The molecule has 2 heterocycles. The molecular weight excluding hydrogens is 270 g/mol. The molecule has 0 aliphatic carbocycles. The zero-order chi connectivity index (χ0) is 13.9. The van der Waals surface area contributed by atoms with E-state index in [2.05, 4.69) is 34.9 Å². The molecule has 106 valence electrons. The van der Waals surface area contributed by atoms with Gasteiger partial charge in [0.05, 0.1) is 11.4 Å². The molecule has 1 aromatic carbocycles. The van der Waals surface area contributed by atoms with Crippen molar-refractivity contribution in [3.05, 3.63) is 35.9 Å². The molecule has 0 unspecified atom stereocenters. The Balaban J connectivity index is 1.94. The van der Waals surface area contributed by atoms with Crippen LogP contribution in [0.15, 0.2) is 30.3 Å². The first-order valence-corrected chi connectivity index (χ1v) is 7.77. The van der Waals surface area contributed by atoms with Gasteiger partial charge in [0.2, 0.25) is 0 Å². The quantitative estimate of drug-likeness (QED) is 0.810. The highest BCUT2D eigenvalue weighted by atomic mass is 35.5. The second-order valence-corrected chi connectivity index (χ2v) is 5.49. The van der Waals surface area contributed by atoms with Gasteiger partial charge in [-0.3, -0.25) is 0 Å². The number of fused-ring (bicyclic) bond motifs is 1. The van der Waals surface area contributed by atoms with E-state index in [1.807, 2.05) is 12.1 Å². The highest BCUT2D eigenvalue weighted by molar-refractivity contribution is 6.17. The molecule has 0 saturated carbocycles. The number of rotatable bonds is 3. The number of halogens is 1. The third-order valence-electron chi connectivity index (χ3n) is 4.04. The fourth-order valence-corrected chi connectivity index (χ4v) is 2.99. The van der Waals surface area contributed by atoms with Gasteiger partial charge in [0.1, 0.15) is 5.82 Å². The topological polar surface area (TPSA) is 19.4 Å². The number of aromatic nitrogens is 1. The SMILES string of the molecule is CCN1CCN(c2nc3ccccc3cc2CCl)CC1. The number of piperazine rings is 1. The van der Waals surface area contributed by atoms with Crippen LogP contribution >= 0.6 is 11.6 Å². The van der Waals surface area contributed by atoms with Gasteiger partial charge in [-0.15, -0.1) is 11.6 Å². The molecule has 1 fully saturated rings. The molecule has 0 spiro atoms. The van der Waals surface area contributed by atoms with Gasteiger partial charge < -0.3 is 9.80 Å². The first-order valence-electron chi connectivity index (χ1n) is 7.23. The van der Waals surface area contributed by atoms with E-state index in [-0.39, 0.29) is 0 Å². The molecule has 0 bridgehead atoms. The van der Waals surface area contributed by atoms with Gasteiger partial charge in [0, 0.05) is 37.1 Å². The molecule has 0 atom stereocenters. The monoisotopic (exact) mass is 289 g/mol. The Morgan fingerprint density at radius 1 is 1.15 bits per heavy atom. The third-order valence-corrected chi connectivity index (χ3v) is 4.33. The molecule has 4 heteroatoms. The summed E-state index contributed by atoms with van der Waals surface area (Å²) in [5, 5.41) is 1.17. The van der Waals surface area contributed by atoms with Crippen LogP contribution in [0, 0.1) is 0 Å². The van der Waals surface area contributed by atoms with Gasteiger partial charge in [0.15, 0.2) is 0 Å².